The Morgan fingerprint density at radius 2 is 1.97 bits per heavy atom. The minimum absolute atomic E-state index is 0.296. The summed E-state index contributed by atoms with van der Waals surface area (Å²) in [5.41, 5.74) is 10.1. The Bertz CT molecular complexity index is 955. The Balaban J connectivity index is 1.46. The quantitative estimate of drug-likeness (QED) is 0.631. The smallest absolute Gasteiger partial charge is 0.220 e. The predicted molar refractivity (Wildman–Crippen MR) is 115 cm³/mol. The monoisotopic (exact) mass is 393 g/mol. The molecule has 3 aromatic rings. The van der Waals surface area contributed by atoms with E-state index in [4.69, 9.17) is 15.5 Å². The molecule has 0 radical (unpaired) electrons. The molecule has 8 nitrogen and oxygen atoms in total. The molecule has 0 amide bonds. The fraction of sp³-hybridized carbons (Fsp3) is 0.429. The fourth-order valence-electron chi connectivity index (χ4n) is 3.48. The van der Waals surface area contributed by atoms with Crippen molar-refractivity contribution in [3.63, 3.8) is 0 Å². The van der Waals surface area contributed by atoms with Crippen LogP contribution in [0.5, 0.6) is 0 Å². The number of nitrogen functional groups attached to an aromatic ring is 1. The van der Waals surface area contributed by atoms with Crippen LogP contribution >= 0.6 is 0 Å². The third kappa shape index (κ3) is 4.78. The Morgan fingerprint density at radius 1 is 1.10 bits per heavy atom. The molecule has 1 aliphatic heterocycles. The van der Waals surface area contributed by atoms with Crippen molar-refractivity contribution in [1.29, 1.82) is 0 Å². The first-order valence-electron chi connectivity index (χ1n) is 10.2. The number of hydrogen-bond acceptors (Lipinski definition) is 8. The van der Waals surface area contributed by atoms with Crippen LogP contribution in [0.15, 0.2) is 30.5 Å². The molecule has 0 unspecified atom stereocenters. The molecule has 152 valence electrons. The van der Waals surface area contributed by atoms with E-state index in [0.717, 1.165) is 86.0 Å². The molecule has 0 atom stereocenters. The van der Waals surface area contributed by atoms with Gasteiger partial charge in [-0.3, -0.25) is 4.90 Å². The maximum atomic E-state index is 5.83. The molecule has 4 heterocycles. The van der Waals surface area contributed by atoms with Crippen molar-refractivity contribution in [2.75, 3.05) is 50.4 Å². The van der Waals surface area contributed by atoms with E-state index < -0.39 is 0 Å². The van der Waals surface area contributed by atoms with Crippen LogP contribution in [-0.4, -0.2) is 64.2 Å². The van der Waals surface area contributed by atoms with Crippen LogP contribution < -0.4 is 11.1 Å². The lowest BCUT2D eigenvalue weighted by Crippen LogP contribution is -2.39. The Kier molecular flexibility index (Phi) is 6.12. The Hall–Kier alpha value is -2.84. The Morgan fingerprint density at radius 3 is 2.72 bits per heavy atom. The van der Waals surface area contributed by atoms with Crippen molar-refractivity contribution >= 4 is 22.8 Å². The van der Waals surface area contributed by atoms with Crippen molar-refractivity contribution in [3.8, 4) is 11.3 Å². The van der Waals surface area contributed by atoms with Gasteiger partial charge < -0.3 is 15.8 Å². The number of rotatable bonds is 7. The number of anilines is 2. The van der Waals surface area contributed by atoms with Gasteiger partial charge in [-0.2, -0.15) is 0 Å². The second-order valence-corrected chi connectivity index (χ2v) is 7.16. The third-order valence-corrected chi connectivity index (χ3v) is 5.02. The minimum Gasteiger partial charge on any atom is -0.379 e. The molecule has 8 heteroatoms. The molecule has 3 N–H and O–H groups in total. The molecule has 0 aliphatic carbocycles. The van der Waals surface area contributed by atoms with E-state index in [1.807, 2.05) is 30.5 Å². The zero-order valence-electron chi connectivity index (χ0n) is 16.8. The summed E-state index contributed by atoms with van der Waals surface area (Å²) in [6.45, 7) is 7.60. The molecule has 1 fully saturated rings. The van der Waals surface area contributed by atoms with E-state index >= 15 is 0 Å². The molecular formula is C21H27N7O. The molecule has 1 saturated heterocycles. The average Bonchev–Trinajstić information content (AvgIpc) is 2.75. The van der Waals surface area contributed by atoms with Crippen molar-refractivity contribution in [1.82, 2.24) is 24.8 Å². The van der Waals surface area contributed by atoms with Gasteiger partial charge in [0.15, 0.2) is 0 Å². The van der Waals surface area contributed by atoms with Crippen LogP contribution in [0, 0.1) is 0 Å². The van der Waals surface area contributed by atoms with E-state index in [0.29, 0.717) is 5.95 Å². The number of aryl methyl sites for hydroxylation is 1. The summed E-state index contributed by atoms with van der Waals surface area (Å²) in [4.78, 5) is 20.4. The van der Waals surface area contributed by atoms with Crippen LogP contribution in [0.2, 0.25) is 0 Å². The average molecular weight is 393 g/mol. The second-order valence-electron chi connectivity index (χ2n) is 7.16. The number of nitrogens with zero attached hydrogens (tertiary/aromatic N) is 5. The van der Waals surface area contributed by atoms with Crippen LogP contribution in [-0.2, 0) is 11.2 Å². The summed E-state index contributed by atoms with van der Waals surface area (Å²) < 4.78 is 5.38. The van der Waals surface area contributed by atoms with Gasteiger partial charge in [-0.1, -0.05) is 13.3 Å². The van der Waals surface area contributed by atoms with E-state index in [2.05, 4.69) is 32.1 Å². The zero-order valence-corrected chi connectivity index (χ0v) is 16.8. The second kappa shape index (κ2) is 9.11. The van der Waals surface area contributed by atoms with Crippen LogP contribution in [0.4, 0.5) is 11.8 Å². The third-order valence-electron chi connectivity index (χ3n) is 5.02. The SMILES string of the molecule is CCCc1nc(N)nc2ccc(-c3ccc(NCCN4CCOCC4)nc3)nc12. The zero-order chi connectivity index (χ0) is 20.1. The normalized spacial score (nSPS) is 14.9. The maximum absolute atomic E-state index is 5.83. The number of nitrogens with two attached hydrogens (primary N) is 1. The highest BCUT2D eigenvalue weighted by Crippen LogP contribution is 2.23. The number of morpholine rings is 1. The largest absolute Gasteiger partial charge is 0.379 e. The molecule has 3 aromatic heterocycles. The molecule has 4 rings (SSSR count). The van der Waals surface area contributed by atoms with Gasteiger partial charge in [0.1, 0.15) is 11.3 Å². The highest BCUT2D eigenvalue weighted by molar-refractivity contribution is 5.80. The molecule has 0 spiro atoms. The van der Waals surface area contributed by atoms with Crippen molar-refractivity contribution < 1.29 is 4.74 Å². The van der Waals surface area contributed by atoms with Crippen LogP contribution in [0.3, 0.4) is 0 Å². The summed E-state index contributed by atoms with van der Waals surface area (Å²) >= 11 is 0. The lowest BCUT2D eigenvalue weighted by atomic mass is 10.1. The Labute approximate surface area is 170 Å². The summed E-state index contributed by atoms with van der Waals surface area (Å²) in [7, 11) is 0. The van der Waals surface area contributed by atoms with Gasteiger partial charge in [0, 0.05) is 37.9 Å². The topological polar surface area (TPSA) is 102 Å². The molecule has 0 aromatic carbocycles. The predicted octanol–water partition coefficient (Wildman–Crippen LogP) is 2.37. The van der Waals surface area contributed by atoms with Crippen molar-refractivity contribution in [3.05, 3.63) is 36.2 Å². The summed E-state index contributed by atoms with van der Waals surface area (Å²) in [6, 6.07) is 7.93. The van der Waals surface area contributed by atoms with Gasteiger partial charge in [0.2, 0.25) is 5.95 Å². The first-order valence-corrected chi connectivity index (χ1v) is 10.2. The minimum atomic E-state index is 0.296. The first kappa shape index (κ1) is 19.5. The lowest BCUT2D eigenvalue weighted by molar-refractivity contribution is 0.0398. The fourth-order valence-corrected chi connectivity index (χ4v) is 3.48. The molecule has 0 bridgehead atoms. The highest BCUT2D eigenvalue weighted by Gasteiger charge is 2.11. The van der Waals surface area contributed by atoms with E-state index in [9.17, 15) is 0 Å². The molecular weight excluding hydrogens is 366 g/mol. The van der Waals surface area contributed by atoms with E-state index in [1.165, 1.54) is 0 Å². The van der Waals surface area contributed by atoms with Crippen molar-refractivity contribution in [2.24, 2.45) is 0 Å². The van der Waals surface area contributed by atoms with Gasteiger partial charge in [0.25, 0.3) is 0 Å². The maximum Gasteiger partial charge on any atom is 0.220 e. The van der Waals surface area contributed by atoms with Crippen LogP contribution in [0.25, 0.3) is 22.3 Å². The number of hydrogen-bond donors (Lipinski definition) is 2. The van der Waals surface area contributed by atoms with Crippen molar-refractivity contribution in [2.45, 2.75) is 19.8 Å². The number of fused-ring (bicyclic) bond motifs is 1. The molecule has 1 aliphatic rings. The molecule has 29 heavy (non-hydrogen) atoms. The lowest BCUT2D eigenvalue weighted by Gasteiger charge is -2.26. The molecule has 0 saturated carbocycles. The van der Waals surface area contributed by atoms with Crippen LogP contribution in [0.1, 0.15) is 19.0 Å². The number of ether oxygens (including phenoxy) is 1. The summed E-state index contributed by atoms with van der Waals surface area (Å²) in [6.07, 6.45) is 3.65. The number of aromatic nitrogens is 4. The van der Waals surface area contributed by atoms with Gasteiger partial charge in [-0.15, -0.1) is 0 Å². The summed E-state index contributed by atoms with van der Waals surface area (Å²) in [5, 5.41) is 3.38. The van der Waals surface area contributed by atoms with Gasteiger partial charge >= 0.3 is 0 Å². The van der Waals surface area contributed by atoms with E-state index in [1.54, 1.807) is 0 Å². The number of nitrogens with one attached hydrogen (secondary N) is 1. The van der Waals surface area contributed by atoms with E-state index in [-0.39, 0.29) is 0 Å². The van der Waals surface area contributed by atoms with Gasteiger partial charge in [0.05, 0.1) is 30.1 Å². The number of pyridine rings is 2. The van der Waals surface area contributed by atoms with Gasteiger partial charge in [-0.25, -0.2) is 19.9 Å². The first-order chi connectivity index (χ1) is 14.2. The summed E-state index contributed by atoms with van der Waals surface area (Å²) in [5.74, 6) is 1.16. The van der Waals surface area contributed by atoms with Gasteiger partial charge in [-0.05, 0) is 30.7 Å². The standard InChI is InChI=1S/C21H27N7O/c1-2-3-17-20-18(27-21(22)26-17)6-5-16(25-20)15-4-7-19(24-14-15)23-8-9-28-10-12-29-13-11-28/h4-7,14H,2-3,8-13H2,1H3,(H,23,24)(H2,22,26,27). The highest BCUT2D eigenvalue weighted by atomic mass is 16.5.